The largest absolute Gasteiger partial charge is 0.383 e. The van der Waals surface area contributed by atoms with Crippen LogP contribution in [0.4, 0.5) is 0 Å². The summed E-state index contributed by atoms with van der Waals surface area (Å²) in [6.45, 7) is 0.888. The van der Waals surface area contributed by atoms with E-state index in [9.17, 15) is 9.59 Å². The first-order valence-corrected chi connectivity index (χ1v) is 7.19. The summed E-state index contributed by atoms with van der Waals surface area (Å²) in [6, 6.07) is 9.60. The number of methoxy groups -OCH3 is 1. The van der Waals surface area contributed by atoms with E-state index >= 15 is 0 Å². The number of hydrogen-bond acceptors (Lipinski definition) is 3. The first kappa shape index (κ1) is 15.5. The van der Waals surface area contributed by atoms with E-state index in [-0.39, 0.29) is 23.8 Å². The number of benzene rings is 1. The highest BCUT2D eigenvalue weighted by Gasteiger charge is 2.37. The van der Waals surface area contributed by atoms with Crippen LogP contribution in [0.15, 0.2) is 30.3 Å². The van der Waals surface area contributed by atoms with Gasteiger partial charge in [-0.2, -0.15) is 0 Å². The fourth-order valence-corrected chi connectivity index (χ4v) is 2.72. The van der Waals surface area contributed by atoms with E-state index in [0.717, 1.165) is 5.56 Å². The molecule has 1 saturated heterocycles. The molecule has 1 aliphatic rings. The third kappa shape index (κ3) is 3.82. The number of likely N-dealkylation sites (tertiary alicyclic amines) is 1. The highest BCUT2D eigenvalue weighted by atomic mass is 16.5. The molecule has 21 heavy (non-hydrogen) atoms. The number of ether oxygens (including phenoxy) is 1. The first-order valence-electron chi connectivity index (χ1n) is 7.19. The minimum Gasteiger partial charge on any atom is -0.383 e. The molecule has 2 amide bonds. The Morgan fingerprint density at radius 3 is 2.76 bits per heavy atom. The summed E-state index contributed by atoms with van der Waals surface area (Å²) in [7, 11) is 3.33. The molecule has 1 aliphatic heterocycles. The molecule has 0 aromatic heterocycles. The highest BCUT2D eigenvalue weighted by Crippen LogP contribution is 2.24. The van der Waals surface area contributed by atoms with E-state index in [1.165, 1.54) is 0 Å². The molecule has 5 heteroatoms. The Morgan fingerprint density at radius 1 is 1.38 bits per heavy atom. The van der Waals surface area contributed by atoms with E-state index in [4.69, 9.17) is 4.74 Å². The van der Waals surface area contributed by atoms with Gasteiger partial charge < -0.3 is 15.0 Å². The number of nitrogens with one attached hydrogen (secondary N) is 1. The quantitative estimate of drug-likeness (QED) is 0.886. The van der Waals surface area contributed by atoms with Gasteiger partial charge in [0.2, 0.25) is 11.8 Å². The van der Waals surface area contributed by atoms with Gasteiger partial charge in [0.05, 0.1) is 18.6 Å². The van der Waals surface area contributed by atoms with Crippen molar-refractivity contribution < 1.29 is 14.3 Å². The Labute approximate surface area is 125 Å². The Morgan fingerprint density at radius 2 is 2.10 bits per heavy atom. The maximum Gasteiger partial charge on any atom is 0.225 e. The van der Waals surface area contributed by atoms with Crippen LogP contribution < -0.4 is 5.32 Å². The second-order valence-electron chi connectivity index (χ2n) is 5.38. The van der Waals surface area contributed by atoms with Crippen LogP contribution in [-0.2, 0) is 20.9 Å². The van der Waals surface area contributed by atoms with Crippen molar-refractivity contribution >= 4 is 11.8 Å². The van der Waals surface area contributed by atoms with Crippen molar-refractivity contribution in [1.29, 1.82) is 0 Å². The summed E-state index contributed by atoms with van der Waals surface area (Å²) in [6.07, 6.45) is 0.998. The van der Waals surface area contributed by atoms with Crippen molar-refractivity contribution in [1.82, 2.24) is 10.2 Å². The number of carbonyl (C=O) groups excluding carboxylic acids is 2. The van der Waals surface area contributed by atoms with E-state index < -0.39 is 0 Å². The van der Waals surface area contributed by atoms with Gasteiger partial charge in [0.25, 0.3) is 0 Å². The predicted octanol–water partition coefficient (Wildman–Crippen LogP) is 1.19. The Kier molecular flexibility index (Phi) is 5.33. The minimum atomic E-state index is -0.212. The maximum atomic E-state index is 12.4. The second-order valence-corrected chi connectivity index (χ2v) is 5.38. The molecule has 0 bridgehead atoms. The van der Waals surface area contributed by atoms with Crippen molar-refractivity contribution in [2.75, 3.05) is 20.8 Å². The van der Waals surface area contributed by atoms with Crippen LogP contribution in [0.3, 0.4) is 0 Å². The molecule has 5 nitrogen and oxygen atoms in total. The molecule has 0 spiro atoms. The van der Waals surface area contributed by atoms with Crippen LogP contribution in [0.2, 0.25) is 0 Å². The molecular weight excluding hydrogens is 268 g/mol. The average molecular weight is 290 g/mol. The minimum absolute atomic E-state index is 0.0137. The Bertz CT molecular complexity index is 490. The van der Waals surface area contributed by atoms with Crippen molar-refractivity contribution in [3.63, 3.8) is 0 Å². The van der Waals surface area contributed by atoms with Gasteiger partial charge >= 0.3 is 0 Å². The molecule has 1 N–H and O–H groups in total. The zero-order chi connectivity index (χ0) is 15.2. The lowest BCUT2D eigenvalue weighted by atomic mass is 9.88. The molecule has 0 saturated carbocycles. The third-order valence-electron chi connectivity index (χ3n) is 4.01. The molecule has 0 unspecified atom stereocenters. The molecule has 2 rings (SSSR count). The average Bonchev–Trinajstić information content (AvgIpc) is 2.51. The fourth-order valence-electron chi connectivity index (χ4n) is 2.72. The zero-order valence-electron chi connectivity index (χ0n) is 12.5. The Balaban J connectivity index is 1.97. The van der Waals surface area contributed by atoms with Crippen molar-refractivity contribution in [3.05, 3.63) is 35.9 Å². The van der Waals surface area contributed by atoms with E-state index in [0.29, 0.717) is 26.0 Å². The summed E-state index contributed by atoms with van der Waals surface area (Å²) >= 11 is 0. The van der Waals surface area contributed by atoms with Crippen LogP contribution in [0, 0.1) is 5.92 Å². The van der Waals surface area contributed by atoms with Gasteiger partial charge in [-0.1, -0.05) is 30.3 Å². The smallest absolute Gasteiger partial charge is 0.225 e. The highest BCUT2D eigenvalue weighted by molar-refractivity contribution is 5.84. The molecule has 0 aliphatic carbocycles. The van der Waals surface area contributed by atoms with Gasteiger partial charge in [-0.3, -0.25) is 9.59 Å². The number of carbonyl (C=O) groups is 2. The van der Waals surface area contributed by atoms with E-state index in [1.807, 2.05) is 30.3 Å². The molecule has 114 valence electrons. The zero-order valence-corrected chi connectivity index (χ0v) is 12.5. The van der Waals surface area contributed by atoms with Crippen LogP contribution in [0.25, 0.3) is 0 Å². The summed E-state index contributed by atoms with van der Waals surface area (Å²) in [5.41, 5.74) is 1.06. The van der Waals surface area contributed by atoms with Gasteiger partial charge in [-0.05, 0) is 12.0 Å². The molecule has 0 radical (unpaired) electrons. The molecule has 1 heterocycles. The lowest BCUT2D eigenvalue weighted by molar-refractivity contribution is -0.143. The number of hydrogen-bond donors (Lipinski definition) is 1. The summed E-state index contributed by atoms with van der Waals surface area (Å²) in [5.74, 6) is -0.152. The number of amides is 2. The molecule has 1 aromatic carbocycles. The van der Waals surface area contributed by atoms with Gasteiger partial charge in [-0.25, -0.2) is 0 Å². The monoisotopic (exact) mass is 290 g/mol. The molecule has 1 fully saturated rings. The van der Waals surface area contributed by atoms with Crippen LogP contribution in [0.1, 0.15) is 18.4 Å². The molecular formula is C16H22N2O3. The van der Waals surface area contributed by atoms with E-state index in [1.54, 1.807) is 19.1 Å². The number of piperidine rings is 1. The summed E-state index contributed by atoms with van der Waals surface area (Å²) < 4.78 is 5.17. The van der Waals surface area contributed by atoms with Gasteiger partial charge in [0, 0.05) is 27.1 Å². The van der Waals surface area contributed by atoms with Gasteiger partial charge in [-0.15, -0.1) is 0 Å². The predicted molar refractivity (Wildman–Crippen MR) is 79.4 cm³/mol. The maximum absolute atomic E-state index is 12.4. The first-order chi connectivity index (χ1) is 10.1. The lowest BCUT2D eigenvalue weighted by Gasteiger charge is -2.37. The Hall–Kier alpha value is -1.88. The second kappa shape index (κ2) is 7.22. The van der Waals surface area contributed by atoms with Crippen molar-refractivity contribution in [2.45, 2.75) is 25.4 Å². The fraction of sp³-hybridized carbons (Fsp3) is 0.500. The lowest BCUT2D eigenvalue weighted by Crippen LogP contribution is -2.53. The third-order valence-corrected chi connectivity index (χ3v) is 4.01. The summed E-state index contributed by atoms with van der Waals surface area (Å²) in [4.78, 5) is 25.8. The van der Waals surface area contributed by atoms with Crippen LogP contribution >= 0.6 is 0 Å². The molecule has 2 atom stereocenters. The van der Waals surface area contributed by atoms with Crippen molar-refractivity contribution in [2.24, 2.45) is 5.92 Å². The normalized spacial score (nSPS) is 22.2. The van der Waals surface area contributed by atoms with Crippen LogP contribution in [-0.4, -0.2) is 43.5 Å². The van der Waals surface area contributed by atoms with Crippen molar-refractivity contribution in [3.8, 4) is 0 Å². The molecule has 1 aromatic rings. The number of likely N-dealkylation sites (N-methyl/N-ethyl adjacent to an activating group) is 1. The van der Waals surface area contributed by atoms with Crippen LogP contribution in [0.5, 0.6) is 0 Å². The number of nitrogens with zero attached hydrogens (tertiary/aromatic N) is 1. The van der Waals surface area contributed by atoms with Gasteiger partial charge in [0.1, 0.15) is 0 Å². The number of rotatable bonds is 5. The SMILES string of the molecule is COC[C@@H]1[C@H](C(=O)NCc2ccccc2)CCC(=O)N1C. The standard InChI is InChI=1S/C16H22N2O3/c1-18-14(11-21-2)13(8-9-15(18)19)16(20)17-10-12-6-4-3-5-7-12/h3-7,13-14H,8-11H2,1-2H3,(H,17,20)/t13-,14-/m1/s1. The van der Waals surface area contributed by atoms with E-state index in [2.05, 4.69) is 5.32 Å². The van der Waals surface area contributed by atoms with Gasteiger partial charge in [0.15, 0.2) is 0 Å². The summed E-state index contributed by atoms with van der Waals surface area (Å²) in [5, 5.41) is 2.96. The topological polar surface area (TPSA) is 58.6 Å².